The van der Waals surface area contributed by atoms with Crippen molar-refractivity contribution in [3.05, 3.63) is 176 Å². The molecule has 10 aromatic carbocycles. The van der Waals surface area contributed by atoms with Crippen LogP contribution in [0.25, 0.3) is 110 Å². The molecule has 3 nitrogen and oxygen atoms in total. The molecule has 0 unspecified atom stereocenters. The molecule has 52 heavy (non-hydrogen) atoms. The number of aromatic nitrogens is 3. The molecule has 0 spiro atoms. The molecule has 240 valence electrons. The second-order valence-electron chi connectivity index (χ2n) is 13.5. The van der Waals surface area contributed by atoms with Gasteiger partial charge in [0.25, 0.3) is 0 Å². The quantitative estimate of drug-likeness (QED) is 0.177. The maximum Gasteiger partial charge on any atom is 0.164 e. The fraction of sp³-hybridized carbons (Fsp3) is 0. The standard InChI is InChI=1S/C49H29N3/c1-3-12-33(13-4-1)47-50-48(34-14-5-2-6-15-34)52-49(51-47)41-20-8-7-19-37(41)36-28-35-27-26-32-17-10-22-39-38-21-9-16-30-24-25-31-18-11-23-40(45(31)43(30)38)42(29-36)46(35)44(32)39/h1-29H. The van der Waals surface area contributed by atoms with E-state index in [2.05, 4.69) is 140 Å². The lowest BCUT2D eigenvalue weighted by Gasteiger charge is -2.18. The van der Waals surface area contributed by atoms with Crippen molar-refractivity contribution < 1.29 is 0 Å². The summed E-state index contributed by atoms with van der Waals surface area (Å²) in [5, 5.41) is 15.2. The lowest BCUT2D eigenvalue weighted by molar-refractivity contribution is 1.07. The minimum absolute atomic E-state index is 0.646. The first-order valence-corrected chi connectivity index (χ1v) is 17.7. The van der Waals surface area contributed by atoms with E-state index >= 15 is 0 Å². The molecule has 11 aromatic rings. The molecular formula is C49H29N3. The van der Waals surface area contributed by atoms with Gasteiger partial charge in [0.1, 0.15) is 0 Å². The second-order valence-corrected chi connectivity index (χ2v) is 13.5. The van der Waals surface area contributed by atoms with Gasteiger partial charge >= 0.3 is 0 Å². The Kier molecular flexibility index (Phi) is 6.25. The molecule has 0 aliphatic heterocycles. The molecule has 0 aliphatic rings. The van der Waals surface area contributed by atoms with Gasteiger partial charge in [-0.3, -0.25) is 0 Å². The normalized spacial score (nSPS) is 11.8. The summed E-state index contributed by atoms with van der Waals surface area (Å²) in [6.07, 6.45) is 0. The van der Waals surface area contributed by atoms with Crippen molar-refractivity contribution in [2.75, 3.05) is 0 Å². The predicted octanol–water partition coefficient (Wildman–Crippen LogP) is 12.9. The molecule has 0 aliphatic carbocycles. The van der Waals surface area contributed by atoms with E-state index in [-0.39, 0.29) is 0 Å². The lowest BCUT2D eigenvalue weighted by Crippen LogP contribution is -2.01. The maximum absolute atomic E-state index is 5.13. The Hall–Kier alpha value is -6.97. The van der Waals surface area contributed by atoms with Crippen LogP contribution in [0.2, 0.25) is 0 Å². The molecule has 1 heterocycles. The number of hydrogen-bond donors (Lipinski definition) is 0. The van der Waals surface area contributed by atoms with Gasteiger partial charge in [0, 0.05) is 16.7 Å². The number of nitrogens with zero attached hydrogens (tertiary/aromatic N) is 3. The zero-order valence-electron chi connectivity index (χ0n) is 28.1. The monoisotopic (exact) mass is 659 g/mol. The SMILES string of the molecule is c1ccc(-c2nc(-c3ccccc3)nc(-c3ccccc3-c3cc4ccc5cccc6c7cccc8ccc9cccc(c(c3)c4c56)c9c87)n2)cc1. The number of fused-ring (bicyclic) bond motifs is 2. The first-order chi connectivity index (χ1) is 25.8. The third kappa shape index (κ3) is 4.36. The highest BCUT2D eigenvalue weighted by molar-refractivity contribution is 6.37. The van der Waals surface area contributed by atoms with E-state index in [4.69, 9.17) is 15.0 Å². The summed E-state index contributed by atoms with van der Waals surface area (Å²) in [6, 6.07) is 62.9. The maximum atomic E-state index is 5.13. The fourth-order valence-electron chi connectivity index (χ4n) is 8.30. The minimum Gasteiger partial charge on any atom is -0.208 e. The molecule has 0 saturated carbocycles. The van der Waals surface area contributed by atoms with Crippen LogP contribution < -0.4 is 0 Å². The average molecular weight is 660 g/mol. The first kappa shape index (κ1) is 28.8. The number of benzene rings is 9. The summed E-state index contributed by atoms with van der Waals surface area (Å²) in [4.78, 5) is 15.2. The van der Waals surface area contributed by atoms with E-state index in [0.29, 0.717) is 17.5 Å². The van der Waals surface area contributed by atoms with Crippen LogP contribution in [-0.2, 0) is 0 Å². The van der Waals surface area contributed by atoms with E-state index in [1.54, 1.807) is 0 Å². The van der Waals surface area contributed by atoms with Crippen LogP contribution >= 0.6 is 0 Å². The second kappa shape index (κ2) is 11.3. The first-order valence-electron chi connectivity index (χ1n) is 17.7. The lowest BCUT2D eigenvalue weighted by atomic mass is 9.86. The summed E-state index contributed by atoms with van der Waals surface area (Å²) < 4.78 is 0. The van der Waals surface area contributed by atoms with Gasteiger partial charge in [-0.15, -0.1) is 0 Å². The van der Waals surface area contributed by atoms with Crippen LogP contribution in [-0.4, -0.2) is 15.0 Å². The number of rotatable bonds is 4. The van der Waals surface area contributed by atoms with Crippen LogP contribution in [0.5, 0.6) is 0 Å². The van der Waals surface area contributed by atoms with Crippen LogP contribution in [0.3, 0.4) is 0 Å². The Morgan fingerprint density at radius 3 is 1.21 bits per heavy atom. The molecule has 3 heteroatoms. The minimum atomic E-state index is 0.646. The Balaban J connectivity index is 1.25. The van der Waals surface area contributed by atoms with Crippen molar-refractivity contribution in [2.24, 2.45) is 0 Å². The molecule has 0 saturated heterocycles. The molecule has 0 N–H and O–H groups in total. The van der Waals surface area contributed by atoms with E-state index < -0.39 is 0 Å². The van der Waals surface area contributed by atoms with E-state index in [1.165, 1.54) is 64.6 Å². The Morgan fingerprint density at radius 2 is 0.673 bits per heavy atom. The molecule has 0 amide bonds. The van der Waals surface area contributed by atoms with E-state index in [9.17, 15) is 0 Å². The number of hydrogen-bond acceptors (Lipinski definition) is 3. The van der Waals surface area contributed by atoms with Gasteiger partial charge in [-0.1, -0.05) is 164 Å². The highest BCUT2D eigenvalue weighted by Crippen LogP contribution is 2.45. The van der Waals surface area contributed by atoms with Crippen molar-refractivity contribution in [3.63, 3.8) is 0 Å². The summed E-state index contributed by atoms with van der Waals surface area (Å²) in [5.74, 6) is 1.95. The van der Waals surface area contributed by atoms with Crippen LogP contribution in [0.15, 0.2) is 176 Å². The largest absolute Gasteiger partial charge is 0.208 e. The summed E-state index contributed by atoms with van der Waals surface area (Å²) >= 11 is 0. The molecule has 0 radical (unpaired) electrons. The highest BCUT2D eigenvalue weighted by atomic mass is 15.0. The van der Waals surface area contributed by atoms with Crippen molar-refractivity contribution in [3.8, 4) is 45.3 Å². The fourth-order valence-corrected chi connectivity index (χ4v) is 8.30. The van der Waals surface area contributed by atoms with Gasteiger partial charge < -0.3 is 0 Å². The zero-order chi connectivity index (χ0) is 34.2. The van der Waals surface area contributed by atoms with Gasteiger partial charge in [-0.2, -0.15) is 0 Å². The molecule has 0 fully saturated rings. The van der Waals surface area contributed by atoms with Gasteiger partial charge in [0.15, 0.2) is 17.5 Å². The highest BCUT2D eigenvalue weighted by Gasteiger charge is 2.19. The van der Waals surface area contributed by atoms with Crippen molar-refractivity contribution in [2.45, 2.75) is 0 Å². The van der Waals surface area contributed by atoms with Crippen molar-refractivity contribution in [1.29, 1.82) is 0 Å². The summed E-state index contributed by atoms with van der Waals surface area (Å²) in [6.45, 7) is 0. The zero-order valence-corrected chi connectivity index (χ0v) is 28.1. The Bertz CT molecular complexity index is 3100. The van der Waals surface area contributed by atoms with Crippen LogP contribution in [0, 0.1) is 0 Å². The topological polar surface area (TPSA) is 38.7 Å². The van der Waals surface area contributed by atoms with Gasteiger partial charge in [0.05, 0.1) is 0 Å². The van der Waals surface area contributed by atoms with Crippen LogP contribution in [0.1, 0.15) is 0 Å². The predicted molar refractivity (Wildman–Crippen MR) is 218 cm³/mol. The summed E-state index contributed by atoms with van der Waals surface area (Å²) in [7, 11) is 0. The third-order valence-electron chi connectivity index (χ3n) is 10.6. The van der Waals surface area contributed by atoms with Crippen molar-refractivity contribution >= 4 is 64.6 Å². The Morgan fingerprint density at radius 1 is 0.250 bits per heavy atom. The van der Waals surface area contributed by atoms with Gasteiger partial charge in [0.2, 0.25) is 0 Å². The Labute approximate surface area is 299 Å². The molecule has 0 bridgehead atoms. The molecule has 11 rings (SSSR count). The van der Waals surface area contributed by atoms with Gasteiger partial charge in [-0.25, -0.2) is 15.0 Å². The van der Waals surface area contributed by atoms with E-state index in [0.717, 1.165) is 27.8 Å². The molecule has 0 atom stereocenters. The summed E-state index contributed by atoms with van der Waals surface area (Å²) in [5.41, 5.74) is 5.06. The third-order valence-corrected chi connectivity index (χ3v) is 10.6. The van der Waals surface area contributed by atoms with Crippen LogP contribution in [0.4, 0.5) is 0 Å². The smallest absolute Gasteiger partial charge is 0.164 e. The molecular weight excluding hydrogens is 631 g/mol. The molecule has 1 aromatic heterocycles. The van der Waals surface area contributed by atoms with E-state index in [1.807, 2.05) is 36.4 Å². The average Bonchev–Trinajstić information content (AvgIpc) is 3.22. The van der Waals surface area contributed by atoms with Crippen molar-refractivity contribution in [1.82, 2.24) is 15.0 Å². The van der Waals surface area contributed by atoms with Gasteiger partial charge in [-0.05, 0) is 87.9 Å².